The lowest BCUT2D eigenvalue weighted by atomic mass is 9.88. The summed E-state index contributed by atoms with van der Waals surface area (Å²) >= 11 is 0. The molecular formula is C13H22BNO. The van der Waals surface area contributed by atoms with Crippen molar-refractivity contribution in [2.24, 2.45) is 5.92 Å². The van der Waals surface area contributed by atoms with Gasteiger partial charge in [-0.1, -0.05) is 38.1 Å². The summed E-state index contributed by atoms with van der Waals surface area (Å²) in [5.74, 6) is 0.749. The molecule has 0 bridgehead atoms. The molecule has 2 nitrogen and oxygen atoms in total. The van der Waals surface area contributed by atoms with E-state index in [4.69, 9.17) is 5.02 Å². The Kier molecular flexibility index (Phi) is 5.57. The van der Waals surface area contributed by atoms with Crippen molar-refractivity contribution in [3.05, 3.63) is 35.4 Å². The first-order chi connectivity index (χ1) is 7.58. The van der Waals surface area contributed by atoms with E-state index in [1.165, 1.54) is 17.5 Å². The average molecular weight is 219 g/mol. The minimum atomic E-state index is -0.445. The van der Waals surface area contributed by atoms with Crippen molar-refractivity contribution in [1.29, 1.82) is 0 Å². The summed E-state index contributed by atoms with van der Waals surface area (Å²) in [6, 6.07) is 8.58. The van der Waals surface area contributed by atoms with E-state index in [9.17, 15) is 0 Å². The third kappa shape index (κ3) is 5.33. The van der Waals surface area contributed by atoms with Crippen molar-refractivity contribution in [2.45, 2.75) is 40.1 Å². The van der Waals surface area contributed by atoms with Crippen LogP contribution in [0.1, 0.15) is 31.4 Å². The maximum Gasteiger partial charge on any atom is 0.373 e. The van der Waals surface area contributed by atoms with Crippen LogP contribution in [-0.2, 0) is 13.0 Å². The first-order valence-corrected chi connectivity index (χ1v) is 6.07. The number of rotatable bonds is 6. The zero-order valence-corrected chi connectivity index (χ0v) is 10.5. The second kappa shape index (κ2) is 6.72. The van der Waals surface area contributed by atoms with Crippen LogP contribution < -0.4 is 5.23 Å². The lowest BCUT2D eigenvalue weighted by molar-refractivity contribution is 0.554. The molecule has 0 aliphatic carbocycles. The van der Waals surface area contributed by atoms with Gasteiger partial charge in [-0.3, -0.25) is 0 Å². The maximum atomic E-state index is 9.15. The van der Waals surface area contributed by atoms with Gasteiger partial charge in [0.25, 0.3) is 0 Å². The van der Waals surface area contributed by atoms with Crippen LogP contribution in [0, 0.1) is 5.92 Å². The van der Waals surface area contributed by atoms with Crippen molar-refractivity contribution in [2.75, 3.05) is 0 Å². The lowest BCUT2D eigenvalue weighted by Crippen LogP contribution is -2.29. The Bertz CT molecular complexity index is 285. The van der Waals surface area contributed by atoms with Gasteiger partial charge < -0.3 is 10.3 Å². The van der Waals surface area contributed by atoms with E-state index in [1.54, 1.807) is 6.82 Å². The van der Waals surface area contributed by atoms with Gasteiger partial charge in [0.2, 0.25) is 0 Å². The number of hydrogen-bond acceptors (Lipinski definition) is 2. The average Bonchev–Trinajstić information content (AvgIpc) is 2.24. The van der Waals surface area contributed by atoms with Gasteiger partial charge >= 0.3 is 7.05 Å². The van der Waals surface area contributed by atoms with Crippen LogP contribution in [0.4, 0.5) is 0 Å². The predicted octanol–water partition coefficient (Wildman–Crippen LogP) is 2.48. The van der Waals surface area contributed by atoms with Crippen LogP contribution in [-0.4, -0.2) is 12.1 Å². The van der Waals surface area contributed by atoms with E-state index in [0.717, 1.165) is 18.9 Å². The van der Waals surface area contributed by atoms with E-state index in [0.29, 0.717) is 0 Å². The Morgan fingerprint density at radius 3 is 2.62 bits per heavy atom. The first kappa shape index (κ1) is 13.3. The smallest absolute Gasteiger partial charge is 0.373 e. The monoisotopic (exact) mass is 219 g/mol. The molecule has 0 saturated carbocycles. The highest BCUT2D eigenvalue weighted by Gasteiger charge is 2.02. The molecule has 0 radical (unpaired) electrons. The van der Waals surface area contributed by atoms with Crippen molar-refractivity contribution in [3.63, 3.8) is 0 Å². The zero-order valence-electron chi connectivity index (χ0n) is 10.5. The SMILES string of the molecule is CB(O)NCc1cccc(CCC(C)C)c1. The minimum Gasteiger partial charge on any atom is -0.437 e. The van der Waals surface area contributed by atoms with Crippen LogP contribution in [0.2, 0.25) is 6.82 Å². The summed E-state index contributed by atoms with van der Waals surface area (Å²) in [6.45, 7) is 6.97. The van der Waals surface area contributed by atoms with E-state index in [1.807, 2.05) is 0 Å². The highest BCUT2D eigenvalue weighted by molar-refractivity contribution is 6.45. The van der Waals surface area contributed by atoms with Crippen molar-refractivity contribution in [1.82, 2.24) is 5.23 Å². The van der Waals surface area contributed by atoms with Gasteiger partial charge in [0.1, 0.15) is 0 Å². The molecule has 0 heterocycles. The summed E-state index contributed by atoms with van der Waals surface area (Å²) in [7, 11) is -0.445. The molecule has 1 rings (SSSR count). The fourth-order valence-electron chi connectivity index (χ4n) is 1.62. The highest BCUT2D eigenvalue weighted by Crippen LogP contribution is 2.11. The second-order valence-electron chi connectivity index (χ2n) is 4.81. The van der Waals surface area contributed by atoms with Gasteiger partial charge in [0, 0.05) is 6.54 Å². The molecule has 0 amide bonds. The molecule has 0 spiro atoms. The third-order valence-electron chi connectivity index (χ3n) is 2.60. The third-order valence-corrected chi connectivity index (χ3v) is 2.60. The zero-order chi connectivity index (χ0) is 12.0. The van der Waals surface area contributed by atoms with Crippen molar-refractivity contribution >= 4 is 7.05 Å². The molecule has 3 heteroatoms. The maximum absolute atomic E-state index is 9.15. The number of benzene rings is 1. The van der Waals surface area contributed by atoms with Gasteiger partial charge in [0.15, 0.2) is 0 Å². The topological polar surface area (TPSA) is 32.3 Å². The molecule has 1 aromatic rings. The van der Waals surface area contributed by atoms with Crippen molar-refractivity contribution < 1.29 is 5.02 Å². The summed E-state index contributed by atoms with van der Waals surface area (Å²) in [6.07, 6.45) is 2.37. The largest absolute Gasteiger partial charge is 0.437 e. The van der Waals surface area contributed by atoms with E-state index in [2.05, 4.69) is 43.3 Å². The normalized spacial score (nSPS) is 10.8. The molecule has 16 heavy (non-hydrogen) atoms. The fraction of sp³-hybridized carbons (Fsp3) is 0.538. The molecule has 0 aromatic heterocycles. The number of hydrogen-bond donors (Lipinski definition) is 2. The molecule has 0 aliphatic heterocycles. The summed E-state index contributed by atoms with van der Waals surface area (Å²) in [4.78, 5) is 0. The Morgan fingerprint density at radius 1 is 1.31 bits per heavy atom. The van der Waals surface area contributed by atoms with Crippen LogP contribution in [0.5, 0.6) is 0 Å². The number of aryl methyl sites for hydroxylation is 1. The Labute approximate surface area is 99.2 Å². The Hall–Kier alpha value is -0.795. The van der Waals surface area contributed by atoms with E-state index in [-0.39, 0.29) is 0 Å². The number of nitrogens with one attached hydrogen (secondary N) is 1. The predicted molar refractivity (Wildman–Crippen MR) is 70.3 cm³/mol. The van der Waals surface area contributed by atoms with Gasteiger partial charge in [-0.15, -0.1) is 0 Å². The van der Waals surface area contributed by atoms with Gasteiger partial charge in [-0.2, -0.15) is 0 Å². The Balaban J connectivity index is 2.50. The summed E-state index contributed by atoms with van der Waals surface area (Å²) < 4.78 is 0. The summed E-state index contributed by atoms with van der Waals surface area (Å²) in [5.41, 5.74) is 2.63. The quantitative estimate of drug-likeness (QED) is 0.720. The van der Waals surface area contributed by atoms with Crippen LogP contribution in [0.25, 0.3) is 0 Å². The first-order valence-electron chi connectivity index (χ1n) is 6.07. The molecule has 0 saturated heterocycles. The standard InChI is InChI=1S/C13H22BNO/c1-11(2)7-8-12-5-4-6-13(9-12)10-15-14(3)16/h4-6,9,11,15-16H,7-8,10H2,1-3H3. The van der Waals surface area contributed by atoms with Gasteiger partial charge in [-0.05, 0) is 36.7 Å². The van der Waals surface area contributed by atoms with Gasteiger partial charge in [0.05, 0.1) is 0 Å². The molecule has 88 valence electrons. The van der Waals surface area contributed by atoms with Gasteiger partial charge in [-0.25, -0.2) is 0 Å². The van der Waals surface area contributed by atoms with Crippen LogP contribution >= 0.6 is 0 Å². The van der Waals surface area contributed by atoms with E-state index >= 15 is 0 Å². The van der Waals surface area contributed by atoms with Crippen LogP contribution in [0.3, 0.4) is 0 Å². The summed E-state index contributed by atoms with van der Waals surface area (Å²) in [5, 5.41) is 12.2. The molecule has 2 N–H and O–H groups in total. The molecular weight excluding hydrogens is 197 g/mol. The Morgan fingerprint density at radius 2 is 2.00 bits per heavy atom. The van der Waals surface area contributed by atoms with Crippen LogP contribution in [0.15, 0.2) is 24.3 Å². The van der Waals surface area contributed by atoms with Crippen molar-refractivity contribution in [3.8, 4) is 0 Å². The molecule has 0 aliphatic rings. The molecule has 1 aromatic carbocycles. The molecule has 0 atom stereocenters. The second-order valence-corrected chi connectivity index (χ2v) is 4.81. The lowest BCUT2D eigenvalue weighted by Gasteiger charge is -2.08. The molecule has 0 unspecified atom stereocenters. The van der Waals surface area contributed by atoms with E-state index < -0.39 is 7.05 Å². The highest BCUT2D eigenvalue weighted by atomic mass is 16.2. The minimum absolute atomic E-state index is 0.445. The molecule has 0 fully saturated rings. The fourth-order valence-corrected chi connectivity index (χ4v) is 1.62.